The van der Waals surface area contributed by atoms with Crippen LogP contribution < -0.4 is 0 Å². The average Bonchev–Trinajstić information content (AvgIpc) is 4.08. The van der Waals surface area contributed by atoms with Crippen molar-refractivity contribution in [1.29, 1.82) is 0 Å². The Hall–Kier alpha value is 2.82. The quantitative estimate of drug-likeness (QED) is 0.101. The molecular formula is C54H107Br2Fe2NP2. The van der Waals surface area contributed by atoms with Crippen molar-refractivity contribution in [3.63, 3.8) is 0 Å². The minimum Gasteiger partial charge on any atom is -0.358 e. The molecule has 0 aromatic carbocycles. The first-order valence-electron chi connectivity index (χ1n) is 25.3. The summed E-state index contributed by atoms with van der Waals surface area (Å²) in [4.78, 5) is 3.93. The van der Waals surface area contributed by atoms with Crippen molar-refractivity contribution in [3.05, 3.63) is 29.7 Å². The number of hydrogen-bond acceptors (Lipinski definition) is 1. The number of nitrogens with zero attached hydrogens (tertiary/aromatic N) is 1. The van der Waals surface area contributed by atoms with E-state index in [0.29, 0.717) is 0 Å². The van der Waals surface area contributed by atoms with Crippen LogP contribution in [0.3, 0.4) is 0 Å². The van der Waals surface area contributed by atoms with E-state index in [2.05, 4.69) is 64.7 Å². The molecule has 0 saturated heterocycles. The smallest absolute Gasteiger partial charge is 0.358 e. The van der Waals surface area contributed by atoms with E-state index in [0.717, 1.165) is 55.8 Å². The summed E-state index contributed by atoms with van der Waals surface area (Å²) in [5.74, 6) is 1.87. The monoisotopic (exact) mass is 1100 g/mol. The van der Waals surface area contributed by atoms with Crippen LogP contribution >= 0.6 is 48.4 Å². The molecule has 4 unspecified atom stereocenters. The molecule has 368 valence electrons. The molecule has 8 aliphatic carbocycles. The molecule has 0 spiro atoms. The van der Waals surface area contributed by atoms with Crippen LogP contribution in [0, 0.1) is 41.5 Å². The fourth-order valence-electron chi connectivity index (χ4n) is 11.9. The molecule has 0 N–H and O–H groups in total. The molecule has 0 aromatic rings. The topological polar surface area (TPSA) is 3.24 Å². The van der Waals surface area contributed by atoms with Crippen molar-refractivity contribution in [2.45, 2.75) is 289 Å². The summed E-state index contributed by atoms with van der Waals surface area (Å²) >= 11 is 7.78. The SMILES string of the molecule is C1CCC(PC2CCCCC2)CC1.C1CCCC1.C1CCCC1.C[C@H](C1CCCC1Br)N(C)C.C[C@H](C1CCCC1Br)P(C1CCCCC1)C1CCCCC1.[CH3-].[CH3-].[CH3-].[CH3-].[Fe+2].[Fe+2]. The number of hydrogen-bond donors (Lipinski definition) is 0. The Kier molecular flexibility index (Phi) is 46.6. The Bertz CT molecular complexity index is 856. The molecule has 7 heteroatoms. The van der Waals surface area contributed by atoms with Crippen LogP contribution in [0.1, 0.15) is 245 Å². The predicted molar refractivity (Wildman–Crippen MR) is 287 cm³/mol. The summed E-state index contributed by atoms with van der Waals surface area (Å²) in [7, 11) is 5.94. The molecule has 8 rings (SSSR count). The third-order valence-electron chi connectivity index (χ3n) is 15.7. The largest absolute Gasteiger partial charge is 2.00 e. The third-order valence-corrected chi connectivity index (χ3v) is 24.1. The first kappa shape index (κ1) is 68.1. The summed E-state index contributed by atoms with van der Waals surface area (Å²) in [6.07, 6.45) is 54.5. The van der Waals surface area contributed by atoms with E-state index in [-0.39, 0.29) is 71.8 Å². The van der Waals surface area contributed by atoms with Gasteiger partial charge in [-0.2, -0.15) is 0 Å². The number of rotatable bonds is 8. The Balaban J connectivity index is -0.000000734. The van der Waals surface area contributed by atoms with Crippen LogP contribution in [-0.4, -0.2) is 63.0 Å². The molecule has 0 heterocycles. The summed E-state index contributed by atoms with van der Waals surface area (Å²) in [5.41, 5.74) is 5.59. The Morgan fingerprint density at radius 1 is 0.393 bits per heavy atom. The minimum atomic E-state index is 0. The van der Waals surface area contributed by atoms with Crippen LogP contribution in [0.15, 0.2) is 0 Å². The molecule has 0 radical (unpaired) electrons. The van der Waals surface area contributed by atoms with Crippen molar-refractivity contribution in [2.75, 3.05) is 14.1 Å². The fourth-order valence-corrected chi connectivity index (χ4v) is 21.0. The van der Waals surface area contributed by atoms with Gasteiger partial charge in [0.05, 0.1) is 0 Å². The molecule has 61 heavy (non-hydrogen) atoms. The van der Waals surface area contributed by atoms with E-state index in [4.69, 9.17) is 0 Å². The van der Waals surface area contributed by atoms with Gasteiger partial charge in [-0.05, 0) is 138 Å². The second kappa shape index (κ2) is 41.8. The Morgan fingerprint density at radius 2 is 0.672 bits per heavy atom. The van der Waals surface area contributed by atoms with E-state index >= 15 is 0 Å². The maximum absolute atomic E-state index is 4.03. The minimum absolute atomic E-state index is 0. The van der Waals surface area contributed by atoms with E-state index < -0.39 is 0 Å². The molecule has 6 atom stereocenters. The first-order chi connectivity index (χ1) is 26.8. The van der Waals surface area contributed by atoms with Gasteiger partial charge < -0.3 is 34.6 Å². The fraction of sp³-hybridized carbons (Fsp3) is 0.926. The predicted octanol–water partition coefficient (Wildman–Crippen LogP) is 19.6. The molecule has 0 bridgehead atoms. The van der Waals surface area contributed by atoms with Crippen molar-refractivity contribution in [3.8, 4) is 0 Å². The molecule has 8 fully saturated rings. The first-order valence-corrected chi connectivity index (χ1v) is 29.9. The molecular weight excluding hydrogens is 996 g/mol. The standard InChI is InChI=1S/C19H34BrP.C12H23P.C9H18BrN.2C5H10.4CH3.2Fe/c1-15(18-13-8-14-19(18)20)21(16-9-4-2-5-10-16)17-11-6-3-7-12-17;1-3-7-11(8-4-1)13-12-9-5-2-6-10-12;1-7(11(2)3)8-5-4-6-9(8)10;2*1-2-4-5-3-1;;;;;;/h15-19H,2-14H2,1H3;11-13H,1-10H2;7-9H,4-6H2,1-3H3;2*1-5H2;4*1H3;;/q;;;;;4*-1;2*+2/t15-,18?,19?;;7-,8?,9?;;;;;;;;/m1.1......../s1. The molecule has 8 aliphatic rings. The maximum Gasteiger partial charge on any atom is 2.00 e. The second-order valence-corrected chi connectivity index (χ2v) is 27.6. The average molecular weight is 1100 g/mol. The van der Waals surface area contributed by atoms with Gasteiger partial charge in [-0.3, -0.25) is 0 Å². The second-order valence-electron chi connectivity index (χ2n) is 20.1. The molecule has 0 aromatic heterocycles. The van der Waals surface area contributed by atoms with Gasteiger partial charge in [0.1, 0.15) is 0 Å². The van der Waals surface area contributed by atoms with Crippen LogP contribution in [0.5, 0.6) is 0 Å². The molecule has 1 nitrogen and oxygen atoms in total. The summed E-state index contributed by atoms with van der Waals surface area (Å²) in [6, 6.07) is 0.724. The summed E-state index contributed by atoms with van der Waals surface area (Å²) in [5, 5.41) is 0. The van der Waals surface area contributed by atoms with Gasteiger partial charge in [0.2, 0.25) is 0 Å². The van der Waals surface area contributed by atoms with Gasteiger partial charge in [-0.15, -0.1) is 8.58 Å². The zero-order valence-corrected chi connectivity index (χ0v) is 49.4. The Morgan fingerprint density at radius 3 is 0.951 bits per heavy atom. The van der Waals surface area contributed by atoms with Crippen molar-refractivity contribution >= 4 is 48.4 Å². The van der Waals surface area contributed by atoms with E-state index in [9.17, 15) is 0 Å². The van der Waals surface area contributed by atoms with Crippen LogP contribution in [0.25, 0.3) is 0 Å². The van der Waals surface area contributed by atoms with Gasteiger partial charge in [-0.1, -0.05) is 201 Å². The van der Waals surface area contributed by atoms with E-state index in [1.54, 1.807) is 51.4 Å². The van der Waals surface area contributed by atoms with Crippen LogP contribution in [0.2, 0.25) is 0 Å². The summed E-state index contributed by atoms with van der Waals surface area (Å²) in [6.45, 7) is 4.99. The Labute approximate surface area is 428 Å². The van der Waals surface area contributed by atoms with Gasteiger partial charge >= 0.3 is 34.1 Å². The van der Waals surface area contributed by atoms with Gasteiger partial charge in [-0.25, -0.2) is 0 Å². The number of halogens is 2. The zero-order valence-electron chi connectivity index (χ0n) is 42.1. The van der Waals surface area contributed by atoms with Gasteiger partial charge in [0.15, 0.2) is 0 Å². The molecule has 0 amide bonds. The molecule has 8 saturated carbocycles. The van der Waals surface area contributed by atoms with Gasteiger partial charge in [0.25, 0.3) is 0 Å². The van der Waals surface area contributed by atoms with E-state index in [1.165, 1.54) is 188 Å². The van der Waals surface area contributed by atoms with Gasteiger partial charge in [0, 0.05) is 15.7 Å². The number of alkyl halides is 2. The summed E-state index contributed by atoms with van der Waals surface area (Å²) < 4.78 is 0. The normalized spacial score (nSPS) is 27.9. The zero-order chi connectivity index (χ0) is 39.1. The van der Waals surface area contributed by atoms with Crippen LogP contribution in [-0.2, 0) is 34.1 Å². The van der Waals surface area contributed by atoms with Crippen molar-refractivity contribution in [2.24, 2.45) is 11.8 Å². The van der Waals surface area contributed by atoms with E-state index in [1.807, 2.05) is 0 Å². The van der Waals surface area contributed by atoms with Crippen molar-refractivity contribution < 1.29 is 34.1 Å². The third kappa shape index (κ3) is 27.0. The van der Waals surface area contributed by atoms with Crippen LogP contribution in [0.4, 0.5) is 0 Å². The maximum atomic E-state index is 4.03. The molecule has 0 aliphatic heterocycles. The van der Waals surface area contributed by atoms with Crippen molar-refractivity contribution in [1.82, 2.24) is 4.90 Å².